The predicted octanol–water partition coefficient (Wildman–Crippen LogP) is 16.1. The van der Waals surface area contributed by atoms with Crippen molar-refractivity contribution in [2.45, 2.75) is 137 Å². The Kier molecular flexibility index (Phi) is 13.6. The van der Waals surface area contributed by atoms with Crippen molar-refractivity contribution in [2.75, 3.05) is 39.6 Å². The number of nitrogens with one attached hydrogen (secondary N) is 2. The summed E-state index contributed by atoms with van der Waals surface area (Å²) in [6, 6.07) is 16.3. The second kappa shape index (κ2) is 19.7. The number of aromatic amines is 2. The number of ether oxygens (including phenoxy) is 7. The number of H-pyrrole nitrogens is 2. The smallest absolute Gasteiger partial charge is 0.164 e. The maximum Gasteiger partial charge on any atom is 0.164 e. The van der Waals surface area contributed by atoms with Crippen LogP contribution in [0.25, 0.3) is 89.7 Å². The molecule has 15 heteroatoms. The molecule has 0 fully saturated rings. The van der Waals surface area contributed by atoms with Crippen LogP contribution in [0.3, 0.4) is 0 Å². The number of rotatable bonds is 12. The van der Waals surface area contributed by atoms with E-state index in [1.165, 1.54) is 0 Å². The summed E-state index contributed by atoms with van der Waals surface area (Å²) in [5, 5.41) is 3.18. The molecule has 0 amide bonds. The molecule has 426 valence electrons. The van der Waals surface area contributed by atoms with Crippen molar-refractivity contribution in [3.63, 3.8) is 0 Å². The van der Waals surface area contributed by atoms with Gasteiger partial charge in [-0.1, -0.05) is 137 Å². The Morgan fingerprint density at radius 3 is 0.778 bits per heavy atom. The third-order valence-electron chi connectivity index (χ3n) is 13.6. The maximum absolute atomic E-state index is 6.69. The zero-order valence-corrected chi connectivity index (χ0v) is 50.7. The van der Waals surface area contributed by atoms with Crippen molar-refractivity contribution in [1.29, 1.82) is 0 Å². The van der Waals surface area contributed by atoms with Crippen molar-refractivity contribution in [2.24, 2.45) is 32.5 Å². The summed E-state index contributed by atoms with van der Waals surface area (Å²) in [5.41, 5.74) is 6.31. The van der Waals surface area contributed by atoms with Crippen LogP contribution in [0.15, 0.2) is 60.7 Å². The van der Waals surface area contributed by atoms with Gasteiger partial charge >= 0.3 is 0 Å². The van der Waals surface area contributed by atoms with E-state index in [9.17, 15) is 0 Å². The van der Waals surface area contributed by atoms with Crippen LogP contribution >= 0.6 is 0 Å². The van der Waals surface area contributed by atoms with Crippen molar-refractivity contribution >= 4 is 44.1 Å². The molecule has 4 aliphatic rings. The van der Waals surface area contributed by atoms with E-state index in [0.29, 0.717) is 120 Å². The number of hydrogen-bond acceptors (Lipinski definition) is 13. The summed E-state index contributed by atoms with van der Waals surface area (Å²) in [7, 11) is 0. The van der Waals surface area contributed by atoms with Crippen LogP contribution in [0.4, 0.5) is 0 Å². The summed E-state index contributed by atoms with van der Waals surface area (Å²) in [4.78, 5) is 39.9. The van der Waals surface area contributed by atoms with Crippen LogP contribution in [-0.2, 0) is 4.74 Å². The molecule has 4 aromatic carbocycles. The molecule has 10 bridgehead atoms. The summed E-state index contributed by atoms with van der Waals surface area (Å²) < 4.78 is 46.5. The van der Waals surface area contributed by atoms with E-state index in [-0.39, 0.29) is 44.7 Å². The van der Waals surface area contributed by atoms with Gasteiger partial charge < -0.3 is 43.1 Å². The van der Waals surface area contributed by atoms with Gasteiger partial charge in [0.25, 0.3) is 0 Å². The van der Waals surface area contributed by atoms with Gasteiger partial charge in [0.1, 0.15) is 34.8 Å². The van der Waals surface area contributed by atoms with Gasteiger partial charge in [0.2, 0.25) is 0 Å². The molecule has 2 unspecified atom stereocenters. The highest BCUT2D eigenvalue weighted by Gasteiger charge is 2.35. The molecular weight excluding hydrogens is 1020 g/mol. The van der Waals surface area contributed by atoms with Gasteiger partial charge in [0.15, 0.2) is 57.8 Å². The van der Waals surface area contributed by atoms with Crippen molar-refractivity contribution < 1.29 is 33.2 Å². The lowest BCUT2D eigenvalue weighted by atomic mass is 9.94. The number of fused-ring (bicyclic) bond motifs is 25. The Bertz CT molecular complexity index is 3610. The first-order chi connectivity index (χ1) is 37.8. The fraction of sp³-hybridized carbons (Fsp3) is 0.485. The molecule has 81 heavy (non-hydrogen) atoms. The Morgan fingerprint density at radius 1 is 0.321 bits per heavy atom. The number of benzene rings is 4. The Balaban J connectivity index is 1.26. The Labute approximate surface area is 476 Å². The quantitative estimate of drug-likeness (QED) is 0.111. The first-order valence-corrected chi connectivity index (χ1v) is 28.4. The van der Waals surface area contributed by atoms with Crippen LogP contribution in [0.2, 0.25) is 0 Å². The SMILES string of the molecule is CC(C)(C)COc1cc2c(cc1OCC(C)(C)C)-c1nc-2nc2[nH]c(nc3nc(nc4[nH]c(n1)c1cc5c(cc41)C1C=CC5O1)-c1cc(OCC(C)(C)C)c(OCC(C)(C)C)cc1-3)c1cc(OCC(C)(C)C)c(OCC(C)(C)C)cc21. The van der Waals surface area contributed by atoms with E-state index < -0.39 is 0 Å². The minimum Gasteiger partial charge on any atom is -0.489 e. The zero-order valence-electron chi connectivity index (χ0n) is 50.7. The van der Waals surface area contributed by atoms with Crippen LogP contribution in [0, 0.1) is 32.5 Å². The standard InChI is InChI=1S/C66H80N8O7/c1-61(2,3)29-75-47-23-39-41(25-49(47)77-31-63(7,8)9)57-70-55(39)68-53-37-21-35-36(46-20-19-45(35)81-46)22-38(37)54(67-53)69-56-40-24-48(76-30-62(4,5)6)50(78-32-64(10,11)12)26-42(40)58(71-56)73-60-44-28-52(80-34-66(16,17)18)51(79-33-65(13,14)15)27-43(44)59(72-57)74-60/h19-28,45-46H,29-34H2,1-18H3,(H2,67,68,69,70,71,72,73,74). The monoisotopic (exact) mass is 1100 g/mol. The molecule has 0 radical (unpaired) electrons. The van der Waals surface area contributed by atoms with Gasteiger partial charge in [-0.2, -0.15) is 0 Å². The lowest BCUT2D eigenvalue weighted by Crippen LogP contribution is -2.19. The fourth-order valence-corrected chi connectivity index (χ4v) is 9.63. The van der Waals surface area contributed by atoms with Crippen LogP contribution in [0.1, 0.15) is 148 Å². The molecule has 4 aliphatic heterocycles. The third-order valence-corrected chi connectivity index (χ3v) is 13.6. The molecular formula is C66H80N8O7. The molecule has 0 saturated carbocycles. The van der Waals surface area contributed by atoms with Gasteiger partial charge in [-0.15, -0.1) is 0 Å². The lowest BCUT2D eigenvalue weighted by molar-refractivity contribution is 0.0879. The summed E-state index contributed by atoms with van der Waals surface area (Å²) >= 11 is 0. The van der Waals surface area contributed by atoms with Gasteiger partial charge in [0.05, 0.1) is 39.6 Å². The highest BCUT2D eigenvalue weighted by molar-refractivity contribution is 6.08. The van der Waals surface area contributed by atoms with E-state index >= 15 is 0 Å². The normalized spacial score (nSPS) is 16.0. The van der Waals surface area contributed by atoms with Crippen LogP contribution in [0.5, 0.6) is 34.5 Å². The summed E-state index contributed by atoms with van der Waals surface area (Å²) in [6.45, 7) is 41.3. The lowest BCUT2D eigenvalue weighted by Gasteiger charge is -2.23. The molecule has 7 aromatic rings. The molecule has 7 heterocycles. The van der Waals surface area contributed by atoms with Gasteiger partial charge in [-0.05, 0) is 92.1 Å². The molecule has 0 aliphatic carbocycles. The van der Waals surface area contributed by atoms with Crippen molar-refractivity contribution in [3.05, 3.63) is 71.8 Å². The largest absolute Gasteiger partial charge is 0.489 e. The summed E-state index contributed by atoms with van der Waals surface area (Å²) in [5.74, 6) is 5.21. The fourth-order valence-electron chi connectivity index (χ4n) is 9.63. The number of aromatic nitrogens is 8. The van der Waals surface area contributed by atoms with Crippen LogP contribution in [-0.4, -0.2) is 79.5 Å². The summed E-state index contributed by atoms with van der Waals surface area (Å²) in [6.07, 6.45) is 3.91. The zero-order chi connectivity index (χ0) is 57.9. The van der Waals surface area contributed by atoms with E-state index in [0.717, 1.165) is 54.9 Å². The van der Waals surface area contributed by atoms with Gasteiger partial charge in [0, 0.05) is 43.8 Å². The minimum absolute atomic E-state index is 0.143. The van der Waals surface area contributed by atoms with Crippen LogP contribution < -0.4 is 28.4 Å². The Morgan fingerprint density at radius 2 is 0.543 bits per heavy atom. The average molecular weight is 1100 g/mol. The molecule has 15 nitrogen and oxygen atoms in total. The van der Waals surface area contributed by atoms with Crippen molar-refractivity contribution in [3.8, 4) is 80.0 Å². The maximum atomic E-state index is 6.69. The van der Waals surface area contributed by atoms with E-state index in [2.05, 4.69) is 159 Å². The molecule has 11 rings (SSSR count). The third kappa shape index (κ3) is 12.1. The van der Waals surface area contributed by atoms with Gasteiger partial charge in [-0.25, -0.2) is 29.9 Å². The minimum atomic E-state index is -0.164. The second-order valence-corrected chi connectivity index (χ2v) is 29.6. The first kappa shape index (κ1) is 55.6. The number of hydrogen-bond donors (Lipinski definition) is 2. The highest BCUT2D eigenvalue weighted by Crippen LogP contribution is 2.50. The first-order valence-electron chi connectivity index (χ1n) is 28.4. The molecule has 2 atom stereocenters. The second-order valence-electron chi connectivity index (χ2n) is 29.6. The molecule has 0 saturated heterocycles. The highest BCUT2D eigenvalue weighted by atomic mass is 16.5. The predicted molar refractivity (Wildman–Crippen MR) is 321 cm³/mol. The van der Waals surface area contributed by atoms with E-state index in [1.807, 2.05) is 36.4 Å². The molecule has 2 N–H and O–H groups in total. The average Bonchev–Trinajstić information content (AvgIpc) is 4.43. The van der Waals surface area contributed by atoms with Gasteiger partial charge in [-0.3, -0.25) is 0 Å². The van der Waals surface area contributed by atoms with E-state index in [4.69, 9.17) is 63.1 Å². The van der Waals surface area contributed by atoms with E-state index in [1.54, 1.807) is 0 Å². The molecule has 3 aromatic heterocycles. The Hall–Kier alpha value is -7.26. The molecule has 0 spiro atoms. The topological polar surface area (TPSA) is 174 Å². The van der Waals surface area contributed by atoms with Crippen molar-refractivity contribution in [1.82, 2.24) is 39.9 Å². The number of nitrogens with zero attached hydrogens (tertiary/aromatic N) is 6.